The van der Waals surface area contributed by atoms with Crippen LogP contribution in [0.4, 0.5) is 0 Å². The number of carbonyl (C=O) groups excluding carboxylic acids is 2. The van der Waals surface area contributed by atoms with E-state index < -0.39 is 31.1 Å². The Labute approximate surface area is 172 Å². The zero-order valence-corrected chi connectivity index (χ0v) is 16.9. The number of aryl methyl sites for hydroxylation is 1. The third-order valence-corrected chi connectivity index (χ3v) is 4.95. The van der Waals surface area contributed by atoms with Crippen molar-refractivity contribution in [1.29, 1.82) is 0 Å². The summed E-state index contributed by atoms with van der Waals surface area (Å²) >= 11 is 0. The Bertz CT molecular complexity index is 625. The molecule has 0 aromatic heterocycles. The predicted molar refractivity (Wildman–Crippen MR) is 109 cm³/mol. The quantitative estimate of drug-likeness (QED) is 0.391. The topological polar surface area (TPSA) is 117 Å². The number of ether oxygens (including phenoxy) is 2. The van der Waals surface area contributed by atoms with Crippen molar-refractivity contribution in [1.82, 2.24) is 10.6 Å². The number of hydrogen-bond acceptors (Lipinski definition) is 6. The molecule has 9 heteroatoms. The van der Waals surface area contributed by atoms with Gasteiger partial charge in [-0.1, -0.05) is 30.3 Å². The van der Waals surface area contributed by atoms with Gasteiger partial charge in [0.05, 0.1) is 12.5 Å². The van der Waals surface area contributed by atoms with E-state index in [9.17, 15) is 19.6 Å². The van der Waals surface area contributed by atoms with Crippen LogP contribution in [0.1, 0.15) is 37.7 Å². The van der Waals surface area contributed by atoms with Crippen LogP contribution in [0.3, 0.4) is 0 Å². The van der Waals surface area contributed by atoms with Crippen LogP contribution in [0.15, 0.2) is 30.3 Å². The predicted octanol–water partition coefficient (Wildman–Crippen LogP) is 0.206. The van der Waals surface area contributed by atoms with Crippen molar-refractivity contribution in [2.24, 2.45) is 0 Å². The van der Waals surface area contributed by atoms with Crippen molar-refractivity contribution >= 4 is 18.9 Å². The van der Waals surface area contributed by atoms with E-state index in [0.717, 1.165) is 24.8 Å². The lowest BCUT2D eigenvalue weighted by Gasteiger charge is -2.26. The highest BCUT2D eigenvalue weighted by molar-refractivity contribution is 6.43. The molecule has 1 aromatic rings. The van der Waals surface area contributed by atoms with E-state index in [-0.39, 0.29) is 12.5 Å². The molecule has 0 aliphatic carbocycles. The van der Waals surface area contributed by atoms with Crippen LogP contribution >= 0.6 is 0 Å². The van der Waals surface area contributed by atoms with Gasteiger partial charge in [0.1, 0.15) is 12.1 Å². The van der Waals surface area contributed by atoms with Crippen LogP contribution in [0.2, 0.25) is 0 Å². The van der Waals surface area contributed by atoms with Crippen molar-refractivity contribution < 1.29 is 29.1 Å². The first-order valence-corrected chi connectivity index (χ1v) is 10.1. The van der Waals surface area contributed by atoms with Gasteiger partial charge in [0.15, 0.2) is 0 Å². The molecule has 1 heterocycles. The molecule has 4 N–H and O–H groups in total. The van der Waals surface area contributed by atoms with Gasteiger partial charge in [0.25, 0.3) is 0 Å². The number of methoxy groups -OCH3 is 1. The Kier molecular flexibility index (Phi) is 10.1. The molecule has 0 bridgehead atoms. The summed E-state index contributed by atoms with van der Waals surface area (Å²) in [6, 6.07) is 8.90. The van der Waals surface area contributed by atoms with Crippen molar-refractivity contribution in [3.8, 4) is 0 Å². The third-order valence-electron chi connectivity index (χ3n) is 4.95. The van der Waals surface area contributed by atoms with Crippen molar-refractivity contribution in [3.05, 3.63) is 35.9 Å². The molecule has 0 unspecified atom stereocenters. The van der Waals surface area contributed by atoms with E-state index in [2.05, 4.69) is 10.6 Å². The number of amides is 2. The van der Waals surface area contributed by atoms with Crippen molar-refractivity contribution in [2.75, 3.05) is 20.3 Å². The minimum Gasteiger partial charge on any atom is -0.426 e. The van der Waals surface area contributed by atoms with Crippen molar-refractivity contribution in [2.45, 2.75) is 56.6 Å². The molecule has 0 spiro atoms. The molecule has 1 aromatic carbocycles. The molecule has 0 radical (unpaired) electrons. The Hall–Kier alpha value is -1.94. The average molecular weight is 406 g/mol. The van der Waals surface area contributed by atoms with Gasteiger partial charge in [-0.2, -0.15) is 0 Å². The Morgan fingerprint density at radius 2 is 2.00 bits per heavy atom. The van der Waals surface area contributed by atoms with Gasteiger partial charge in [-0.05, 0) is 44.1 Å². The monoisotopic (exact) mass is 406 g/mol. The fourth-order valence-electron chi connectivity index (χ4n) is 3.31. The van der Waals surface area contributed by atoms with Crippen LogP contribution in [0, 0.1) is 0 Å². The zero-order chi connectivity index (χ0) is 21.1. The van der Waals surface area contributed by atoms with Gasteiger partial charge in [-0.15, -0.1) is 0 Å². The highest BCUT2D eigenvalue weighted by Gasteiger charge is 2.31. The zero-order valence-electron chi connectivity index (χ0n) is 16.9. The Balaban J connectivity index is 1.87. The van der Waals surface area contributed by atoms with Crippen LogP contribution in [-0.2, 0) is 25.5 Å². The summed E-state index contributed by atoms with van der Waals surface area (Å²) in [6.07, 6.45) is 3.69. The molecular formula is C20H31BN2O6. The molecule has 8 nitrogen and oxygen atoms in total. The lowest BCUT2D eigenvalue weighted by molar-refractivity contribution is -0.139. The largest absolute Gasteiger partial charge is 0.475 e. The summed E-state index contributed by atoms with van der Waals surface area (Å²) in [6.45, 7) is 0.502. The summed E-state index contributed by atoms with van der Waals surface area (Å²) in [5.74, 6) is -1.71. The number of hydrogen-bond donors (Lipinski definition) is 4. The molecule has 1 aliphatic rings. The first kappa shape index (κ1) is 23.3. The fraction of sp³-hybridized carbons (Fsp3) is 0.600. The summed E-state index contributed by atoms with van der Waals surface area (Å²) < 4.78 is 10.5. The Morgan fingerprint density at radius 1 is 1.24 bits per heavy atom. The van der Waals surface area contributed by atoms with E-state index in [1.54, 1.807) is 0 Å². The maximum absolute atomic E-state index is 12.6. The molecule has 2 amide bonds. The average Bonchev–Trinajstić information content (AvgIpc) is 2.73. The van der Waals surface area contributed by atoms with E-state index >= 15 is 0 Å². The molecule has 1 aliphatic heterocycles. The summed E-state index contributed by atoms with van der Waals surface area (Å²) in [5.41, 5.74) is 1.14. The summed E-state index contributed by atoms with van der Waals surface area (Å²) in [4.78, 5) is 25.0. The van der Waals surface area contributed by atoms with Gasteiger partial charge in [0, 0.05) is 13.7 Å². The van der Waals surface area contributed by atoms with E-state index in [1.807, 2.05) is 30.3 Å². The van der Waals surface area contributed by atoms with Gasteiger partial charge in [-0.25, -0.2) is 0 Å². The molecule has 1 fully saturated rings. The second-order valence-electron chi connectivity index (χ2n) is 7.28. The minimum absolute atomic E-state index is 0.0252. The lowest BCUT2D eigenvalue weighted by atomic mass is 9.76. The van der Waals surface area contributed by atoms with E-state index in [4.69, 9.17) is 9.47 Å². The number of carbonyl (C=O) groups is 2. The van der Waals surface area contributed by atoms with Crippen molar-refractivity contribution in [3.63, 3.8) is 0 Å². The smallest absolute Gasteiger partial charge is 0.426 e. The second kappa shape index (κ2) is 12.6. The van der Waals surface area contributed by atoms with E-state index in [0.29, 0.717) is 25.9 Å². The molecule has 3 atom stereocenters. The lowest BCUT2D eigenvalue weighted by Crippen LogP contribution is -2.56. The second-order valence-corrected chi connectivity index (χ2v) is 7.28. The first-order valence-electron chi connectivity index (χ1n) is 10.1. The van der Waals surface area contributed by atoms with Crippen LogP contribution < -0.4 is 10.6 Å². The molecule has 1 saturated heterocycles. The van der Waals surface area contributed by atoms with Crippen LogP contribution in [-0.4, -0.2) is 67.4 Å². The molecule has 160 valence electrons. The fourth-order valence-corrected chi connectivity index (χ4v) is 3.31. The normalized spacial score (nSPS) is 18.5. The van der Waals surface area contributed by atoms with Gasteiger partial charge < -0.3 is 30.2 Å². The summed E-state index contributed by atoms with van der Waals surface area (Å²) in [5, 5.41) is 24.6. The van der Waals surface area contributed by atoms with Crippen LogP contribution in [0.25, 0.3) is 0 Å². The molecule has 2 rings (SSSR count). The SMILES string of the molecule is COC[C@@H](NC(=O)[C@H]1CCCCO1)C(=O)N[C@@H](CCCc1ccccc1)B(O)O. The molecule has 29 heavy (non-hydrogen) atoms. The Morgan fingerprint density at radius 3 is 2.62 bits per heavy atom. The minimum atomic E-state index is -1.70. The highest BCUT2D eigenvalue weighted by Crippen LogP contribution is 2.13. The highest BCUT2D eigenvalue weighted by atomic mass is 16.5. The van der Waals surface area contributed by atoms with Gasteiger partial charge in [-0.3, -0.25) is 9.59 Å². The number of benzene rings is 1. The van der Waals surface area contributed by atoms with Crippen LogP contribution in [0.5, 0.6) is 0 Å². The van der Waals surface area contributed by atoms with E-state index in [1.165, 1.54) is 7.11 Å². The molecule has 0 saturated carbocycles. The first-order chi connectivity index (χ1) is 14.0. The standard InChI is InChI=1S/C20H31BN2O6/c1-28-14-16(22-20(25)17-11-5-6-13-29-17)19(24)23-18(21(26)27)12-7-10-15-8-3-2-4-9-15/h2-4,8-9,16-18,26-27H,5-7,10-14H2,1H3,(H,22,25)(H,23,24)/t16-,17-,18+/m1/s1. The van der Waals surface area contributed by atoms with Gasteiger partial charge >= 0.3 is 7.12 Å². The molecular weight excluding hydrogens is 375 g/mol. The summed E-state index contributed by atoms with van der Waals surface area (Å²) in [7, 11) is -0.266. The number of rotatable bonds is 11. The maximum atomic E-state index is 12.6. The number of nitrogens with one attached hydrogen (secondary N) is 2. The van der Waals surface area contributed by atoms with Gasteiger partial charge in [0.2, 0.25) is 11.8 Å². The maximum Gasteiger partial charge on any atom is 0.475 e. The third kappa shape index (κ3) is 8.14.